The summed E-state index contributed by atoms with van der Waals surface area (Å²) in [5, 5.41) is 12.3. The molecule has 28 heavy (non-hydrogen) atoms. The summed E-state index contributed by atoms with van der Waals surface area (Å²) >= 11 is 12.0. The molecule has 1 amide bonds. The lowest BCUT2D eigenvalue weighted by Gasteiger charge is -2.15. The second kappa shape index (κ2) is 8.17. The van der Waals surface area contributed by atoms with E-state index < -0.39 is 0 Å². The smallest absolute Gasteiger partial charge is 0.257 e. The molecule has 3 aromatic rings. The third-order valence-corrected chi connectivity index (χ3v) is 5.26. The van der Waals surface area contributed by atoms with E-state index in [1.807, 2.05) is 36.4 Å². The van der Waals surface area contributed by atoms with E-state index in [2.05, 4.69) is 20.4 Å². The zero-order valence-corrected chi connectivity index (χ0v) is 16.5. The number of hydrogen-bond acceptors (Lipinski definition) is 4. The average molecular weight is 413 g/mol. The summed E-state index contributed by atoms with van der Waals surface area (Å²) in [5.41, 5.74) is 2.71. The van der Waals surface area contributed by atoms with E-state index in [4.69, 9.17) is 23.2 Å². The van der Waals surface area contributed by atoms with Crippen molar-refractivity contribution in [1.82, 2.24) is 10.2 Å². The molecular formula is C21H18Cl2N4O. The van der Waals surface area contributed by atoms with Crippen LogP contribution in [-0.4, -0.2) is 29.2 Å². The summed E-state index contributed by atoms with van der Waals surface area (Å²) in [5.74, 6) is 0.610. The van der Waals surface area contributed by atoms with E-state index >= 15 is 0 Å². The van der Waals surface area contributed by atoms with Crippen molar-refractivity contribution in [3.05, 3.63) is 70.2 Å². The van der Waals surface area contributed by atoms with E-state index in [-0.39, 0.29) is 5.91 Å². The number of carbonyl (C=O) groups is 1. The highest BCUT2D eigenvalue weighted by molar-refractivity contribution is 6.36. The fourth-order valence-electron chi connectivity index (χ4n) is 3.19. The molecule has 0 radical (unpaired) electrons. The van der Waals surface area contributed by atoms with Crippen molar-refractivity contribution in [2.24, 2.45) is 0 Å². The van der Waals surface area contributed by atoms with Crippen molar-refractivity contribution in [1.29, 1.82) is 0 Å². The molecule has 0 aliphatic carbocycles. The second-order valence-electron chi connectivity index (χ2n) is 6.63. The molecule has 1 aliphatic rings. The lowest BCUT2D eigenvalue weighted by molar-refractivity contribution is 0.102. The molecule has 1 aromatic heterocycles. The van der Waals surface area contributed by atoms with Gasteiger partial charge in [-0.05, 0) is 55.3 Å². The van der Waals surface area contributed by atoms with Crippen molar-refractivity contribution in [3.8, 4) is 11.3 Å². The van der Waals surface area contributed by atoms with Gasteiger partial charge in [-0.15, -0.1) is 10.2 Å². The molecule has 5 nitrogen and oxygen atoms in total. The first kappa shape index (κ1) is 18.7. The summed E-state index contributed by atoms with van der Waals surface area (Å²) in [6, 6.07) is 16.2. The van der Waals surface area contributed by atoms with Crippen molar-refractivity contribution < 1.29 is 4.79 Å². The lowest BCUT2D eigenvalue weighted by Crippen LogP contribution is -2.19. The summed E-state index contributed by atoms with van der Waals surface area (Å²) in [7, 11) is 0. The monoisotopic (exact) mass is 412 g/mol. The summed E-state index contributed by atoms with van der Waals surface area (Å²) in [6.45, 7) is 2.08. The summed E-state index contributed by atoms with van der Waals surface area (Å²) in [4.78, 5) is 14.7. The molecule has 2 aromatic carbocycles. The summed E-state index contributed by atoms with van der Waals surface area (Å²) < 4.78 is 0. The fraction of sp³-hybridized carbons (Fsp3) is 0.190. The molecule has 0 saturated carbocycles. The third kappa shape index (κ3) is 4.11. The van der Waals surface area contributed by atoms with Gasteiger partial charge in [0, 0.05) is 29.4 Å². The number of nitrogens with zero attached hydrogens (tertiary/aromatic N) is 3. The van der Waals surface area contributed by atoms with Crippen molar-refractivity contribution in [2.75, 3.05) is 23.3 Å². The molecule has 7 heteroatoms. The van der Waals surface area contributed by atoms with Gasteiger partial charge in [0.05, 0.1) is 16.3 Å². The van der Waals surface area contributed by atoms with Crippen LogP contribution in [0.2, 0.25) is 10.0 Å². The van der Waals surface area contributed by atoms with Gasteiger partial charge in [0.25, 0.3) is 5.91 Å². The van der Waals surface area contributed by atoms with Crippen LogP contribution in [0, 0.1) is 0 Å². The Kier molecular flexibility index (Phi) is 5.46. The van der Waals surface area contributed by atoms with E-state index in [1.54, 1.807) is 18.2 Å². The van der Waals surface area contributed by atoms with Gasteiger partial charge in [0.15, 0.2) is 5.82 Å². The highest BCUT2D eigenvalue weighted by atomic mass is 35.5. The van der Waals surface area contributed by atoms with Gasteiger partial charge >= 0.3 is 0 Å². The van der Waals surface area contributed by atoms with E-state index in [0.717, 1.165) is 30.2 Å². The number of hydrogen-bond donors (Lipinski definition) is 1. The molecule has 0 spiro atoms. The normalized spacial score (nSPS) is 13.6. The Labute approximate surface area is 173 Å². The van der Waals surface area contributed by atoms with Gasteiger partial charge in [-0.1, -0.05) is 35.3 Å². The van der Waals surface area contributed by atoms with Crippen LogP contribution in [0.3, 0.4) is 0 Å². The first-order valence-corrected chi connectivity index (χ1v) is 9.81. The molecule has 1 saturated heterocycles. The maximum absolute atomic E-state index is 12.4. The average Bonchev–Trinajstić information content (AvgIpc) is 3.25. The molecule has 142 valence electrons. The SMILES string of the molecule is O=C(Nc1ccc(-c2ccc(N3CCCC3)nn2)cc1)c1cc(Cl)ccc1Cl. The van der Waals surface area contributed by atoms with Crippen LogP contribution in [0.1, 0.15) is 23.2 Å². The highest BCUT2D eigenvalue weighted by Crippen LogP contribution is 2.24. The minimum absolute atomic E-state index is 0.310. The largest absolute Gasteiger partial charge is 0.355 e. The Balaban J connectivity index is 1.46. The van der Waals surface area contributed by atoms with E-state index in [1.165, 1.54) is 12.8 Å². The Hall–Kier alpha value is -2.63. The Morgan fingerprint density at radius 1 is 0.929 bits per heavy atom. The molecule has 1 N–H and O–H groups in total. The maximum atomic E-state index is 12.4. The fourth-order valence-corrected chi connectivity index (χ4v) is 3.56. The lowest BCUT2D eigenvalue weighted by atomic mass is 10.1. The van der Waals surface area contributed by atoms with E-state index in [0.29, 0.717) is 21.3 Å². The van der Waals surface area contributed by atoms with Crippen molar-refractivity contribution >= 4 is 40.6 Å². The Bertz CT molecular complexity index is 984. The Morgan fingerprint density at radius 3 is 2.36 bits per heavy atom. The quantitative estimate of drug-likeness (QED) is 0.631. The van der Waals surface area contributed by atoms with Crippen molar-refractivity contribution in [2.45, 2.75) is 12.8 Å². The van der Waals surface area contributed by atoms with Crippen LogP contribution in [0.25, 0.3) is 11.3 Å². The predicted molar refractivity (Wildman–Crippen MR) is 113 cm³/mol. The van der Waals surface area contributed by atoms with Gasteiger partial charge in [0.1, 0.15) is 0 Å². The molecule has 1 fully saturated rings. The minimum Gasteiger partial charge on any atom is -0.355 e. The van der Waals surface area contributed by atoms with Crippen LogP contribution < -0.4 is 10.2 Å². The number of halogens is 2. The Morgan fingerprint density at radius 2 is 1.68 bits per heavy atom. The number of amides is 1. The van der Waals surface area contributed by atoms with Crippen LogP contribution in [0.4, 0.5) is 11.5 Å². The molecule has 0 bridgehead atoms. The molecule has 1 aliphatic heterocycles. The number of anilines is 2. The third-order valence-electron chi connectivity index (χ3n) is 4.69. The van der Waals surface area contributed by atoms with Gasteiger partial charge < -0.3 is 10.2 Å². The van der Waals surface area contributed by atoms with Crippen LogP contribution in [0.5, 0.6) is 0 Å². The minimum atomic E-state index is -0.310. The first-order valence-electron chi connectivity index (χ1n) is 9.06. The van der Waals surface area contributed by atoms with Gasteiger partial charge in [0.2, 0.25) is 0 Å². The van der Waals surface area contributed by atoms with Gasteiger partial charge in [-0.2, -0.15) is 0 Å². The molecule has 0 unspecified atom stereocenters. The zero-order chi connectivity index (χ0) is 19.5. The molecule has 2 heterocycles. The summed E-state index contributed by atoms with van der Waals surface area (Å²) in [6.07, 6.45) is 2.41. The zero-order valence-electron chi connectivity index (χ0n) is 15.0. The maximum Gasteiger partial charge on any atom is 0.257 e. The topological polar surface area (TPSA) is 58.1 Å². The van der Waals surface area contributed by atoms with Crippen LogP contribution in [-0.2, 0) is 0 Å². The molecular weight excluding hydrogens is 395 g/mol. The highest BCUT2D eigenvalue weighted by Gasteiger charge is 2.14. The van der Waals surface area contributed by atoms with Crippen molar-refractivity contribution in [3.63, 3.8) is 0 Å². The van der Waals surface area contributed by atoms with Gasteiger partial charge in [-0.3, -0.25) is 4.79 Å². The predicted octanol–water partition coefficient (Wildman–Crippen LogP) is 5.30. The second-order valence-corrected chi connectivity index (χ2v) is 7.47. The van der Waals surface area contributed by atoms with E-state index in [9.17, 15) is 4.79 Å². The first-order chi connectivity index (χ1) is 13.6. The number of nitrogens with one attached hydrogen (secondary N) is 1. The number of carbonyl (C=O) groups excluding carboxylic acids is 1. The number of rotatable bonds is 4. The molecule has 4 rings (SSSR count). The van der Waals surface area contributed by atoms with Crippen LogP contribution >= 0.6 is 23.2 Å². The van der Waals surface area contributed by atoms with Gasteiger partial charge in [-0.25, -0.2) is 0 Å². The number of aromatic nitrogens is 2. The molecule has 0 atom stereocenters. The van der Waals surface area contributed by atoms with Crippen LogP contribution in [0.15, 0.2) is 54.6 Å². The standard InChI is InChI=1S/C21H18Cl2N4O/c22-15-5-8-18(23)17(13-15)21(28)24-16-6-3-14(4-7-16)19-9-10-20(26-25-19)27-11-1-2-12-27/h3-10,13H,1-2,11-12H2,(H,24,28). The number of benzene rings is 2.